The van der Waals surface area contributed by atoms with Crippen molar-refractivity contribution in [2.45, 2.75) is 5.41 Å². The van der Waals surface area contributed by atoms with Gasteiger partial charge < -0.3 is 4.90 Å². The molecule has 0 unspecified atom stereocenters. The molecule has 0 atom stereocenters. The fraction of sp³-hybridized carbons (Fsp3) is 0.0154. The lowest BCUT2D eigenvalue weighted by molar-refractivity contribution is 0.769. The van der Waals surface area contributed by atoms with Gasteiger partial charge in [-0.3, -0.25) is 0 Å². The van der Waals surface area contributed by atoms with Crippen molar-refractivity contribution in [3.05, 3.63) is 283 Å². The molecule has 11 aromatic carbocycles. The van der Waals surface area contributed by atoms with Crippen molar-refractivity contribution in [2.24, 2.45) is 0 Å². The summed E-state index contributed by atoms with van der Waals surface area (Å²) in [7, 11) is 0. The van der Waals surface area contributed by atoms with E-state index in [4.69, 9.17) is 0 Å². The number of hydrogen-bond acceptors (Lipinski definition) is 2. The average molecular weight is 870 g/mol. The van der Waals surface area contributed by atoms with Gasteiger partial charge in [0.15, 0.2) is 0 Å². The van der Waals surface area contributed by atoms with Crippen LogP contribution in [0.15, 0.2) is 261 Å². The molecule has 1 heterocycles. The maximum absolute atomic E-state index is 2.45. The van der Waals surface area contributed by atoms with Crippen LogP contribution >= 0.6 is 11.3 Å². The van der Waals surface area contributed by atoms with Gasteiger partial charge in [0.05, 0.1) is 5.41 Å². The van der Waals surface area contributed by atoms with E-state index in [0.29, 0.717) is 0 Å². The lowest BCUT2D eigenvalue weighted by Crippen LogP contribution is -2.28. The van der Waals surface area contributed by atoms with Crippen LogP contribution in [0.5, 0.6) is 0 Å². The molecule has 0 aliphatic heterocycles. The first kappa shape index (κ1) is 39.1. The predicted octanol–water partition coefficient (Wildman–Crippen LogP) is 18.0. The van der Waals surface area contributed by atoms with E-state index >= 15 is 0 Å². The molecule has 0 bridgehead atoms. The van der Waals surface area contributed by atoms with Crippen LogP contribution in [0, 0.1) is 0 Å². The first-order chi connectivity index (χ1) is 33.2. The van der Waals surface area contributed by atoms with Crippen LogP contribution in [0.4, 0.5) is 17.1 Å². The van der Waals surface area contributed by atoms with E-state index in [-0.39, 0.29) is 0 Å². The SMILES string of the molecule is c1ccc(C2(c3ccccc3)c3ccccc3-c3ccc(-c4ccc(N(c5ccc(-c6ccc7ccccc7c6)cc5)c5ccc(-c6ccc7c(c6)sc6ccccc67)cc5)cc4)cc32)cc1. The third-order valence-corrected chi connectivity index (χ3v) is 15.1. The molecular formula is C65H43NS. The molecule has 0 spiro atoms. The molecule has 1 aromatic heterocycles. The van der Waals surface area contributed by atoms with Crippen molar-refractivity contribution in [1.82, 2.24) is 0 Å². The van der Waals surface area contributed by atoms with Gasteiger partial charge in [0.25, 0.3) is 0 Å². The Morgan fingerprint density at radius 2 is 0.746 bits per heavy atom. The first-order valence-corrected chi connectivity index (χ1v) is 23.9. The highest BCUT2D eigenvalue weighted by Crippen LogP contribution is 2.56. The molecule has 1 aliphatic rings. The number of thiophene rings is 1. The summed E-state index contributed by atoms with van der Waals surface area (Å²) in [6.45, 7) is 0. The van der Waals surface area contributed by atoms with Gasteiger partial charge in [0.2, 0.25) is 0 Å². The van der Waals surface area contributed by atoms with E-state index in [1.54, 1.807) is 0 Å². The number of anilines is 3. The standard InChI is InChI=1S/C65H43NS/c1-3-15-52(16-4-1)65(53-17-5-2-6-18-53)61-21-11-9-19-57(61)58-39-31-50(42-62(58)65)46-27-35-55(36-28-46)66(54-33-25-45(26-34-54)49-24-23-44-13-7-8-14-48(44)41-49)56-37-29-47(30-38-56)51-32-40-60-59-20-10-12-22-63(59)67-64(60)43-51/h1-43H. The van der Waals surface area contributed by atoms with Gasteiger partial charge >= 0.3 is 0 Å². The van der Waals surface area contributed by atoms with Crippen LogP contribution in [-0.4, -0.2) is 0 Å². The van der Waals surface area contributed by atoms with E-state index in [0.717, 1.165) is 17.1 Å². The van der Waals surface area contributed by atoms with E-state index < -0.39 is 5.41 Å². The summed E-state index contributed by atoms with van der Waals surface area (Å²) in [5.74, 6) is 0. The van der Waals surface area contributed by atoms with Crippen LogP contribution in [0.25, 0.3) is 75.5 Å². The monoisotopic (exact) mass is 869 g/mol. The first-order valence-electron chi connectivity index (χ1n) is 23.1. The Morgan fingerprint density at radius 1 is 0.284 bits per heavy atom. The minimum Gasteiger partial charge on any atom is -0.311 e. The summed E-state index contributed by atoms with van der Waals surface area (Å²) < 4.78 is 2.64. The van der Waals surface area contributed by atoms with Crippen molar-refractivity contribution < 1.29 is 0 Å². The van der Waals surface area contributed by atoms with E-state index in [1.165, 1.54) is 97.7 Å². The van der Waals surface area contributed by atoms with Crippen LogP contribution in [0.3, 0.4) is 0 Å². The summed E-state index contributed by atoms with van der Waals surface area (Å²) in [5.41, 5.74) is 17.8. The summed E-state index contributed by atoms with van der Waals surface area (Å²) in [4.78, 5) is 2.38. The molecule has 0 N–H and O–H groups in total. The molecule has 314 valence electrons. The second-order valence-electron chi connectivity index (χ2n) is 17.6. The molecule has 0 amide bonds. The smallest absolute Gasteiger partial charge is 0.0713 e. The third-order valence-electron chi connectivity index (χ3n) is 14.0. The Hall–Kier alpha value is -8.30. The zero-order chi connectivity index (χ0) is 44.3. The molecule has 13 rings (SSSR count). The Morgan fingerprint density at radius 3 is 1.40 bits per heavy atom. The van der Waals surface area contributed by atoms with Crippen molar-refractivity contribution >= 4 is 59.3 Å². The predicted molar refractivity (Wildman–Crippen MR) is 285 cm³/mol. The normalized spacial score (nSPS) is 12.6. The van der Waals surface area contributed by atoms with Crippen molar-refractivity contribution in [3.63, 3.8) is 0 Å². The Bertz CT molecular complexity index is 3730. The number of fused-ring (bicyclic) bond motifs is 7. The van der Waals surface area contributed by atoms with Crippen molar-refractivity contribution in [2.75, 3.05) is 4.90 Å². The van der Waals surface area contributed by atoms with Gasteiger partial charge in [-0.25, -0.2) is 0 Å². The molecule has 0 saturated carbocycles. The van der Waals surface area contributed by atoms with Crippen molar-refractivity contribution in [3.8, 4) is 44.5 Å². The van der Waals surface area contributed by atoms with Gasteiger partial charge in [-0.15, -0.1) is 11.3 Å². The lowest BCUT2D eigenvalue weighted by atomic mass is 9.67. The number of rotatable bonds is 8. The summed E-state index contributed by atoms with van der Waals surface area (Å²) in [6.07, 6.45) is 0. The molecule has 1 aliphatic carbocycles. The van der Waals surface area contributed by atoms with Crippen LogP contribution in [0.2, 0.25) is 0 Å². The Balaban J connectivity index is 0.894. The maximum atomic E-state index is 2.45. The van der Waals surface area contributed by atoms with Crippen LogP contribution in [0.1, 0.15) is 22.3 Å². The number of hydrogen-bond donors (Lipinski definition) is 0. The topological polar surface area (TPSA) is 3.24 Å². The molecule has 67 heavy (non-hydrogen) atoms. The van der Waals surface area contributed by atoms with E-state index in [9.17, 15) is 0 Å². The van der Waals surface area contributed by atoms with Crippen LogP contribution in [-0.2, 0) is 5.41 Å². The van der Waals surface area contributed by atoms with Gasteiger partial charge in [-0.2, -0.15) is 0 Å². The van der Waals surface area contributed by atoms with Gasteiger partial charge in [-0.1, -0.05) is 200 Å². The van der Waals surface area contributed by atoms with Gasteiger partial charge in [0.1, 0.15) is 0 Å². The highest BCUT2D eigenvalue weighted by atomic mass is 32.1. The molecule has 1 nitrogen and oxygen atoms in total. The molecule has 0 fully saturated rings. The highest BCUT2D eigenvalue weighted by molar-refractivity contribution is 7.25. The Labute approximate surface area is 395 Å². The third kappa shape index (κ3) is 6.52. The fourth-order valence-corrected chi connectivity index (χ4v) is 11.9. The maximum Gasteiger partial charge on any atom is 0.0713 e. The molecule has 12 aromatic rings. The molecule has 0 radical (unpaired) electrons. The minimum absolute atomic E-state index is 0.448. The molecule has 2 heteroatoms. The van der Waals surface area contributed by atoms with E-state index in [2.05, 4.69) is 266 Å². The minimum atomic E-state index is -0.448. The van der Waals surface area contributed by atoms with Crippen molar-refractivity contribution in [1.29, 1.82) is 0 Å². The van der Waals surface area contributed by atoms with Crippen LogP contribution < -0.4 is 4.90 Å². The second-order valence-corrected chi connectivity index (χ2v) is 18.7. The molecular weight excluding hydrogens is 827 g/mol. The second kappa shape index (κ2) is 16.0. The molecule has 0 saturated heterocycles. The average Bonchev–Trinajstić information content (AvgIpc) is 3.93. The van der Waals surface area contributed by atoms with Gasteiger partial charge in [0, 0.05) is 37.2 Å². The highest BCUT2D eigenvalue weighted by Gasteiger charge is 2.46. The lowest BCUT2D eigenvalue weighted by Gasteiger charge is -2.34. The zero-order valence-corrected chi connectivity index (χ0v) is 37.5. The van der Waals surface area contributed by atoms with Gasteiger partial charge in [-0.05, 0) is 138 Å². The number of nitrogens with zero attached hydrogens (tertiary/aromatic N) is 1. The quantitative estimate of drug-likeness (QED) is 0.147. The summed E-state index contributed by atoms with van der Waals surface area (Å²) in [6, 6.07) is 96.3. The zero-order valence-electron chi connectivity index (χ0n) is 36.7. The largest absolute Gasteiger partial charge is 0.311 e. The number of benzene rings is 11. The fourth-order valence-electron chi connectivity index (χ4n) is 10.8. The van der Waals surface area contributed by atoms with E-state index in [1.807, 2.05) is 11.3 Å². The Kier molecular flexibility index (Phi) is 9.33. The summed E-state index contributed by atoms with van der Waals surface area (Å²) >= 11 is 1.86. The summed E-state index contributed by atoms with van der Waals surface area (Å²) in [5, 5.41) is 5.14.